The molecule has 0 spiro atoms. The fourth-order valence-electron chi connectivity index (χ4n) is 2.72. The summed E-state index contributed by atoms with van der Waals surface area (Å²) in [7, 11) is 1.73. The first-order valence-corrected chi connectivity index (χ1v) is 8.15. The molecule has 0 aliphatic heterocycles. The smallest absolute Gasteiger partial charge is 0.131 e. The zero-order valence-electron chi connectivity index (χ0n) is 12.5. The van der Waals surface area contributed by atoms with E-state index in [4.69, 9.17) is 0 Å². The Morgan fingerprint density at radius 2 is 1.83 bits per heavy atom. The van der Waals surface area contributed by atoms with E-state index in [1.165, 1.54) is 21.2 Å². The number of nitrogens with zero attached hydrogens (tertiary/aromatic N) is 3. The molecular weight excluding hydrogens is 304 g/mol. The van der Waals surface area contributed by atoms with Crippen molar-refractivity contribution >= 4 is 27.6 Å². The second kappa shape index (κ2) is 5.78. The summed E-state index contributed by atoms with van der Waals surface area (Å²) in [6, 6.07) is 17.0. The van der Waals surface area contributed by atoms with Crippen LogP contribution in [0.1, 0.15) is 5.69 Å². The van der Waals surface area contributed by atoms with Gasteiger partial charge in [0.25, 0.3) is 0 Å². The number of aromatic nitrogens is 3. The van der Waals surface area contributed by atoms with E-state index >= 15 is 0 Å². The van der Waals surface area contributed by atoms with Crippen molar-refractivity contribution < 1.29 is 0 Å². The molecule has 4 aromatic rings. The Hall–Kier alpha value is -2.79. The molecule has 5 heteroatoms. The predicted octanol–water partition coefficient (Wildman–Crippen LogP) is 4.40. The number of nitrogens with one attached hydrogen (secondary N) is 1. The Balaban J connectivity index is 1.76. The average Bonchev–Trinajstić information content (AvgIpc) is 3.24. The number of rotatable bonds is 3. The Kier molecular flexibility index (Phi) is 3.48. The highest BCUT2D eigenvalue weighted by Gasteiger charge is 2.09. The standard InChI is InChI=1S/C18H14N4S/c1-19-11-16-18(21-22-20-16)13-7-5-12(6-8-13)14-3-2-4-17-15(14)9-10-23-17/h2-11H,1H3,(H,20,21,22). The van der Waals surface area contributed by atoms with Crippen molar-refractivity contribution in [1.82, 2.24) is 15.4 Å². The molecule has 0 fully saturated rings. The zero-order valence-corrected chi connectivity index (χ0v) is 13.3. The van der Waals surface area contributed by atoms with E-state index < -0.39 is 0 Å². The number of benzene rings is 2. The van der Waals surface area contributed by atoms with Crippen molar-refractivity contribution in [2.75, 3.05) is 7.05 Å². The summed E-state index contributed by atoms with van der Waals surface area (Å²) in [6.45, 7) is 0. The summed E-state index contributed by atoms with van der Waals surface area (Å²) < 4.78 is 1.31. The summed E-state index contributed by atoms with van der Waals surface area (Å²) in [6.07, 6.45) is 1.71. The van der Waals surface area contributed by atoms with Gasteiger partial charge in [-0.15, -0.1) is 11.3 Å². The first-order valence-electron chi connectivity index (χ1n) is 7.27. The number of fused-ring (bicyclic) bond motifs is 1. The molecule has 0 saturated carbocycles. The van der Waals surface area contributed by atoms with Crippen molar-refractivity contribution in [1.29, 1.82) is 0 Å². The number of hydrogen-bond acceptors (Lipinski definition) is 4. The molecule has 2 aromatic carbocycles. The van der Waals surface area contributed by atoms with Gasteiger partial charge in [-0.2, -0.15) is 15.4 Å². The molecule has 2 heterocycles. The van der Waals surface area contributed by atoms with Crippen LogP contribution in [0, 0.1) is 0 Å². The van der Waals surface area contributed by atoms with Gasteiger partial charge >= 0.3 is 0 Å². The van der Waals surface area contributed by atoms with Gasteiger partial charge in [0.15, 0.2) is 0 Å². The maximum Gasteiger partial charge on any atom is 0.131 e. The van der Waals surface area contributed by atoms with E-state index in [2.05, 4.69) is 74.3 Å². The molecule has 0 aliphatic carbocycles. The molecule has 4 rings (SSSR count). The molecule has 23 heavy (non-hydrogen) atoms. The van der Waals surface area contributed by atoms with Crippen LogP contribution >= 0.6 is 11.3 Å². The maximum atomic E-state index is 4.22. The molecule has 2 aromatic heterocycles. The largest absolute Gasteiger partial charge is 0.294 e. The maximum absolute atomic E-state index is 4.22. The van der Waals surface area contributed by atoms with Gasteiger partial charge in [-0.05, 0) is 28.6 Å². The minimum Gasteiger partial charge on any atom is -0.294 e. The fraction of sp³-hybridized carbons (Fsp3) is 0.0556. The first kappa shape index (κ1) is 13.8. The first-order chi connectivity index (χ1) is 11.4. The van der Waals surface area contributed by atoms with Crippen LogP contribution in [0.25, 0.3) is 32.5 Å². The van der Waals surface area contributed by atoms with Crippen LogP contribution in [0.4, 0.5) is 0 Å². The van der Waals surface area contributed by atoms with E-state index in [1.807, 2.05) is 0 Å². The molecular formula is C18H14N4S. The zero-order chi connectivity index (χ0) is 15.6. The summed E-state index contributed by atoms with van der Waals surface area (Å²) in [4.78, 5) is 4.01. The van der Waals surface area contributed by atoms with Crippen molar-refractivity contribution in [2.24, 2.45) is 4.99 Å². The van der Waals surface area contributed by atoms with Crippen LogP contribution < -0.4 is 0 Å². The van der Waals surface area contributed by atoms with Crippen LogP contribution in [0.15, 0.2) is 58.9 Å². The molecule has 0 radical (unpaired) electrons. The molecule has 0 aliphatic rings. The lowest BCUT2D eigenvalue weighted by Crippen LogP contribution is -1.87. The van der Waals surface area contributed by atoms with E-state index in [0.29, 0.717) is 0 Å². The highest BCUT2D eigenvalue weighted by molar-refractivity contribution is 7.17. The highest BCUT2D eigenvalue weighted by atomic mass is 32.1. The highest BCUT2D eigenvalue weighted by Crippen LogP contribution is 2.32. The van der Waals surface area contributed by atoms with E-state index in [0.717, 1.165) is 17.0 Å². The Morgan fingerprint density at radius 1 is 1.00 bits per heavy atom. The number of aromatic amines is 1. The quantitative estimate of drug-likeness (QED) is 0.569. The monoisotopic (exact) mass is 318 g/mol. The van der Waals surface area contributed by atoms with Gasteiger partial charge in [0.05, 0.1) is 6.21 Å². The predicted molar refractivity (Wildman–Crippen MR) is 96.2 cm³/mol. The van der Waals surface area contributed by atoms with Gasteiger partial charge in [-0.1, -0.05) is 36.4 Å². The summed E-state index contributed by atoms with van der Waals surface area (Å²) >= 11 is 1.77. The molecule has 1 N–H and O–H groups in total. The Morgan fingerprint density at radius 3 is 2.65 bits per heavy atom. The molecule has 0 amide bonds. The Bertz CT molecular complexity index is 980. The fourth-order valence-corrected chi connectivity index (χ4v) is 3.53. The molecule has 0 bridgehead atoms. The molecule has 0 atom stereocenters. The van der Waals surface area contributed by atoms with E-state index in [1.54, 1.807) is 24.6 Å². The SMILES string of the molecule is CN=Cc1n[nH]nc1-c1ccc(-c2cccc3sccc23)cc1. The minimum absolute atomic E-state index is 0.750. The van der Waals surface area contributed by atoms with Crippen LogP contribution in [0.3, 0.4) is 0 Å². The third kappa shape index (κ3) is 2.45. The van der Waals surface area contributed by atoms with E-state index in [-0.39, 0.29) is 0 Å². The third-order valence-electron chi connectivity index (χ3n) is 3.79. The Labute approximate surface area is 137 Å². The van der Waals surface area contributed by atoms with Gasteiger partial charge in [-0.25, -0.2) is 0 Å². The van der Waals surface area contributed by atoms with Crippen LogP contribution in [-0.2, 0) is 0 Å². The second-order valence-electron chi connectivity index (χ2n) is 5.16. The lowest BCUT2D eigenvalue weighted by atomic mass is 10.00. The van der Waals surface area contributed by atoms with Crippen molar-refractivity contribution in [3.05, 3.63) is 59.6 Å². The summed E-state index contributed by atoms with van der Waals surface area (Å²) in [5.41, 5.74) is 5.05. The number of hydrogen-bond donors (Lipinski definition) is 1. The van der Waals surface area contributed by atoms with Crippen molar-refractivity contribution in [2.45, 2.75) is 0 Å². The van der Waals surface area contributed by atoms with Gasteiger partial charge < -0.3 is 0 Å². The number of aliphatic imine (C=N–C) groups is 1. The summed E-state index contributed by atoms with van der Waals surface area (Å²) in [5.74, 6) is 0. The molecule has 4 nitrogen and oxygen atoms in total. The van der Waals surface area contributed by atoms with Gasteiger partial charge in [0.1, 0.15) is 11.4 Å². The van der Waals surface area contributed by atoms with Crippen LogP contribution in [0.2, 0.25) is 0 Å². The number of H-pyrrole nitrogens is 1. The van der Waals surface area contributed by atoms with Gasteiger partial charge in [0.2, 0.25) is 0 Å². The summed E-state index contributed by atoms with van der Waals surface area (Å²) in [5, 5.41) is 14.4. The van der Waals surface area contributed by atoms with Gasteiger partial charge in [-0.3, -0.25) is 4.99 Å². The second-order valence-corrected chi connectivity index (χ2v) is 6.11. The van der Waals surface area contributed by atoms with Crippen molar-refractivity contribution in [3.63, 3.8) is 0 Å². The van der Waals surface area contributed by atoms with Gasteiger partial charge in [0, 0.05) is 22.7 Å². The lowest BCUT2D eigenvalue weighted by Gasteiger charge is -2.05. The average molecular weight is 318 g/mol. The molecule has 112 valence electrons. The third-order valence-corrected chi connectivity index (χ3v) is 4.67. The molecule has 0 saturated heterocycles. The number of thiophene rings is 1. The lowest BCUT2D eigenvalue weighted by molar-refractivity contribution is 0.940. The molecule has 0 unspecified atom stereocenters. The topological polar surface area (TPSA) is 53.9 Å². The van der Waals surface area contributed by atoms with E-state index in [9.17, 15) is 0 Å². The van der Waals surface area contributed by atoms with Crippen molar-refractivity contribution in [3.8, 4) is 22.4 Å². The van der Waals surface area contributed by atoms with Crippen LogP contribution in [-0.4, -0.2) is 28.7 Å². The minimum atomic E-state index is 0.750. The normalized spacial score (nSPS) is 11.5. The van der Waals surface area contributed by atoms with Crippen LogP contribution in [0.5, 0.6) is 0 Å².